The highest BCUT2D eigenvalue weighted by Crippen LogP contribution is 2.12. The molecule has 1 N–H and O–H groups in total. The van der Waals surface area contributed by atoms with Gasteiger partial charge in [-0.15, -0.1) is 0 Å². The van der Waals surface area contributed by atoms with Crippen molar-refractivity contribution >= 4 is 9.84 Å². The van der Waals surface area contributed by atoms with Crippen molar-refractivity contribution in [2.45, 2.75) is 38.9 Å². The van der Waals surface area contributed by atoms with E-state index in [-0.39, 0.29) is 0 Å². The Morgan fingerprint density at radius 1 is 1.47 bits per heavy atom. The molecule has 0 saturated carbocycles. The molecule has 6 heteroatoms. The van der Waals surface area contributed by atoms with Gasteiger partial charge in [-0.1, -0.05) is 0 Å². The number of sulfone groups is 1. The highest BCUT2D eigenvalue weighted by molar-refractivity contribution is 7.91. The molecular formula is C11H19N3O2S. The van der Waals surface area contributed by atoms with Crippen LogP contribution in [0.2, 0.25) is 0 Å². The Kier molecular flexibility index (Phi) is 3.83. The summed E-state index contributed by atoms with van der Waals surface area (Å²) in [6, 6.07) is 0.306. The SMILES string of the molecule is CCn1ccnc1CNC1CCS(=O)(=O)CC1. The molecule has 0 spiro atoms. The summed E-state index contributed by atoms with van der Waals surface area (Å²) < 4.78 is 24.7. The molecule has 1 aromatic heterocycles. The van der Waals surface area contributed by atoms with Gasteiger partial charge in [-0.2, -0.15) is 0 Å². The van der Waals surface area contributed by atoms with Crippen molar-refractivity contribution in [3.8, 4) is 0 Å². The molecule has 1 fully saturated rings. The lowest BCUT2D eigenvalue weighted by Crippen LogP contribution is -2.37. The second kappa shape index (κ2) is 5.18. The molecule has 0 bridgehead atoms. The van der Waals surface area contributed by atoms with Crippen molar-refractivity contribution in [1.82, 2.24) is 14.9 Å². The summed E-state index contributed by atoms with van der Waals surface area (Å²) in [6.07, 6.45) is 5.19. The molecular weight excluding hydrogens is 238 g/mol. The number of hydrogen-bond donors (Lipinski definition) is 1. The Hall–Kier alpha value is -0.880. The summed E-state index contributed by atoms with van der Waals surface area (Å²) >= 11 is 0. The molecule has 1 saturated heterocycles. The van der Waals surface area contributed by atoms with Crippen LogP contribution >= 0.6 is 0 Å². The van der Waals surface area contributed by atoms with E-state index in [2.05, 4.69) is 21.8 Å². The third-order valence-corrected chi connectivity index (χ3v) is 4.96. The smallest absolute Gasteiger partial charge is 0.150 e. The van der Waals surface area contributed by atoms with Crippen LogP contribution in [0.15, 0.2) is 12.4 Å². The van der Waals surface area contributed by atoms with Crippen LogP contribution in [0.3, 0.4) is 0 Å². The Balaban J connectivity index is 1.84. The van der Waals surface area contributed by atoms with E-state index in [1.807, 2.05) is 6.20 Å². The van der Waals surface area contributed by atoms with Crippen LogP contribution in [0.1, 0.15) is 25.6 Å². The number of aryl methyl sites for hydroxylation is 1. The van der Waals surface area contributed by atoms with Gasteiger partial charge in [0.05, 0.1) is 18.1 Å². The van der Waals surface area contributed by atoms with Gasteiger partial charge in [0.2, 0.25) is 0 Å². The van der Waals surface area contributed by atoms with E-state index >= 15 is 0 Å². The van der Waals surface area contributed by atoms with Gasteiger partial charge in [-0.05, 0) is 19.8 Å². The largest absolute Gasteiger partial charge is 0.334 e. The van der Waals surface area contributed by atoms with E-state index in [1.165, 1.54) is 0 Å². The summed E-state index contributed by atoms with van der Waals surface area (Å²) in [5.74, 6) is 1.64. The number of nitrogens with one attached hydrogen (secondary N) is 1. The summed E-state index contributed by atoms with van der Waals surface area (Å²) in [6.45, 7) is 3.71. The van der Waals surface area contributed by atoms with Crippen LogP contribution in [0, 0.1) is 0 Å². The van der Waals surface area contributed by atoms with Crippen molar-refractivity contribution in [2.24, 2.45) is 0 Å². The van der Waals surface area contributed by atoms with Crippen LogP contribution in [0.5, 0.6) is 0 Å². The molecule has 0 aromatic carbocycles. The molecule has 0 atom stereocenters. The van der Waals surface area contributed by atoms with E-state index in [0.717, 1.165) is 25.2 Å². The average Bonchev–Trinajstić information content (AvgIpc) is 2.75. The third-order valence-electron chi connectivity index (χ3n) is 3.25. The Bertz CT molecular complexity index is 453. The highest BCUT2D eigenvalue weighted by Gasteiger charge is 2.23. The minimum Gasteiger partial charge on any atom is -0.334 e. The minimum atomic E-state index is -2.76. The van der Waals surface area contributed by atoms with Crippen LogP contribution in [0.25, 0.3) is 0 Å². The van der Waals surface area contributed by atoms with Crippen molar-refractivity contribution in [1.29, 1.82) is 0 Å². The van der Waals surface area contributed by atoms with Gasteiger partial charge < -0.3 is 9.88 Å². The number of nitrogens with zero attached hydrogens (tertiary/aromatic N) is 2. The molecule has 0 unspecified atom stereocenters. The highest BCUT2D eigenvalue weighted by atomic mass is 32.2. The predicted molar refractivity (Wildman–Crippen MR) is 66.4 cm³/mol. The first-order valence-corrected chi connectivity index (χ1v) is 7.86. The molecule has 0 amide bonds. The first-order chi connectivity index (χ1) is 8.11. The molecule has 2 rings (SSSR count). The van der Waals surface area contributed by atoms with Gasteiger partial charge in [-0.3, -0.25) is 0 Å². The summed E-state index contributed by atoms with van der Waals surface area (Å²) in [7, 11) is -2.76. The lowest BCUT2D eigenvalue weighted by molar-refractivity contribution is 0.451. The van der Waals surface area contributed by atoms with Crippen LogP contribution < -0.4 is 5.32 Å². The fourth-order valence-corrected chi connectivity index (χ4v) is 3.62. The summed E-state index contributed by atoms with van der Waals surface area (Å²) in [5, 5.41) is 3.39. The lowest BCUT2D eigenvalue weighted by atomic mass is 10.1. The second-order valence-electron chi connectivity index (χ2n) is 4.44. The first kappa shape index (κ1) is 12.6. The zero-order chi connectivity index (χ0) is 12.3. The molecule has 0 radical (unpaired) electrons. The second-order valence-corrected chi connectivity index (χ2v) is 6.74. The average molecular weight is 257 g/mol. The quantitative estimate of drug-likeness (QED) is 0.856. The molecule has 96 valence electrons. The predicted octanol–water partition coefficient (Wildman–Crippen LogP) is 0.570. The molecule has 5 nitrogen and oxygen atoms in total. The van der Waals surface area contributed by atoms with Crippen LogP contribution in [-0.2, 0) is 22.9 Å². The van der Waals surface area contributed by atoms with Crippen molar-refractivity contribution in [3.05, 3.63) is 18.2 Å². The number of imidazole rings is 1. The van der Waals surface area contributed by atoms with Crippen LogP contribution in [-0.4, -0.2) is 35.5 Å². The van der Waals surface area contributed by atoms with Crippen molar-refractivity contribution in [3.63, 3.8) is 0 Å². The number of hydrogen-bond acceptors (Lipinski definition) is 4. The topological polar surface area (TPSA) is 64.0 Å². The first-order valence-electron chi connectivity index (χ1n) is 6.04. The minimum absolute atomic E-state index is 0.306. The Morgan fingerprint density at radius 3 is 2.82 bits per heavy atom. The van der Waals surface area contributed by atoms with Gasteiger partial charge in [0.1, 0.15) is 15.7 Å². The van der Waals surface area contributed by atoms with E-state index in [1.54, 1.807) is 6.20 Å². The van der Waals surface area contributed by atoms with Gasteiger partial charge in [0.25, 0.3) is 0 Å². The Morgan fingerprint density at radius 2 is 2.18 bits per heavy atom. The van der Waals surface area contributed by atoms with E-state index < -0.39 is 9.84 Å². The zero-order valence-electron chi connectivity index (χ0n) is 10.1. The van der Waals surface area contributed by atoms with Gasteiger partial charge in [0, 0.05) is 25.0 Å². The van der Waals surface area contributed by atoms with E-state index in [0.29, 0.717) is 24.1 Å². The van der Waals surface area contributed by atoms with Gasteiger partial charge in [0.15, 0.2) is 0 Å². The third kappa shape index (κ3) is 3.29. The lowest BCUT2D eigenvalue weighted by Gasteiger charge is -2.23. The van der Waals surface area contributed by atoms with Crippen molar-refractivity contribution in [2.75, 3.05) is 11.5 Å². The molecule has 17 heavy (non-hydrogen) atoms. The summed E-state index contributed by atoms with van der Waals surface area (Å²) in [4.78, 5) is 4.28. The zero-order valence-corrected chi connectivity index (χ0v) is 10.9. The monoisotopic (exact) mass is 257 g/mol. The maximum absolute atomic E-state index is 11.3. The fourth-order valence-electron chi connectivity index (χ4n) is 2.12. The van der Waals surface area contributed by atoms with Crippen molar-refractivity contribution < 1.29 is 8.42 Å². The Labute approximate surface area is 102 Å². The molecule has 1 aromatic rings. The normalized spacial score (nSPS) is 20.5. The van der Waals surface area contributed by atoms with Gasteiger partial charge in [-0.25, -0.2) is 13.4 Å². The van der Waals surface area contributed by atoms with E-state index in [4.69, 9.17) is 0 Å². The number of rotatable bonds is 4. The maximum atomic E-state index is 11.3. The standard InChI is InChI=1S/C11H19N3O2S/c1-2-14-6-5-12-11(14)9-13-10-3-7-17(15,16)8-4-10/h5-6,10,13H,2-4,7-9H2,1H3. The molecule has 2 heterocycles. The number of aromatic nitrogens is 2. The van der Waals surface area contributed by atoms with E-state index in [9.17, 15) is 8.42 Å². The fraction of sp³-hybridized carbons (Fsp3) is 0.727. The molecule has 1 aliphatic rings. The molecule has 1 aliphatic heterocycles. The van der Waals surface area contributed by atoms with Crippen LogP contribution in [0.4, 0.5) is 0 Å². The molecule has 0 aliphatic carbocycles. The summed E-state index contributed by atoms with van der Waals surface area (Å²) in [5.41, 5.74) is 0. The maximum Gasteiger partial charge on any atom is 0.150 e. The van der Waals surface area contributed by atoms with Gasteiger partial charge >= 0.3 is 0 Å².